The van der Waals surface area contributed by atoms with Gasteiger partial charge >= 0.3 is 12.0 Å². The molecule has 0 bridgehead atoms. The highest BCUT2D eigenvalue weighted by molar-refractivity contribution is 5.75. The van der Waals surface area contributed by atoms with E-state index in [1.54, 1.807) is 37.3 Å². The predicted octanol–water partition coefficient (Wildman–Crippen LogP) is 3.27. The minimum atomic E-state index is -0.702. The molecule has 1 N–H and O–H groups in total. The van der Waals surface area contributed by atoms with Crippen LogP contribution in [-0.4, -0.2) is 29.3 Å². The number of phenols is 1. The van der Waals surface area contributed by atoms with E-state index in [2.05, 4.69) is 9.72 Å². The van der Waals surface area contributed by atoms with Crippen LogP contribution in [0, 0.1) is 0 Å². The molecule has 7 nitrogen and oxygen atoms in total. The lowest BCUT2D eigenvalue weighted by Crippen LogP contribution is -2.24. The molecule has 3 rings (SSSR count). The predicted molar refractivity (Wildman–Crippen MR) is 84.3 cm³/mol. The first kappa shape index (κ1) is 15.7. The van der Waals surface area contributed by atoms with E-state index in [4.69, 9.17) is 13.9 Å². The minimum Gasteiger partial charge on any atom is -0.508 e. The summed E-state index contributed by atoms with van der Waals surface area (Å²) in [5, 5.41) is 9.41. The van der Waals surface area contributed by atoms with Crippen LogP contribution in [0.4, 0.5) is 0 Å². The summed E-state index contributed by atoms with van der Waals surface area (Å²) in [5.41, 5.74) is 1.01. The first-order valence-corrected chi connectivity index (χ1v) is 7.17. The molecule has 0 saturated heterocycles. The molecule has 0 spiro atoms. The van der Waals surface area contributed by atoms with Gasteiger partial charge in [-0.3, -0.25) is 0 Å². The lowest BCUT2D eigenvalue weighted by molar-refractivity contribution is -0.147. The summed E-state index contributed by atoms with van der Waals surface area (Å²) in [6, 6.07) is 11.2. The zero-order chi connectivity index (χ0) is 17.1. The second kappa shape index (κ2) is 6.49. The maximum atomic E-state index is 11.3. The van der Waals surface area contributed by atoms with Gasteiger partial charge in [0.2, 0.25) is 0 Å². The second-order valence-corrected chi connectivity index (χ2v) is 4.99. The molecule has 24 heavy (non-hydrogen) atoms. The molecule has 1 heterocycles. The van der Waals surface area contributed by atoms with Crippen LogP contribution in [0.1, 0.15) is 6.92 Å². The first-order chi connectivity index (χ1) is 11.5. The van der Waals surface area contributed by atoms with Crippen molar-refractivity contribution in [2.24, 2.45) is 0 Å². The number of phenolic OH excluding ortho intramolecular Hbond substituents is 1. The maximum Gasteiger partial charge on any atom is 0.400 e. The molecule has 0 saturated carbocycles. The van der Waals surface area contributed by atoms with E-state index < -0.39 is 12.1 Å². The summed E-state index contributed by atoms with van der Waals surface area (Å²) in [4.78, 5) is 15.5. The fourth-order valence-electron chi connectivity index (χ4n) is 2.04. The van der Waals surface area contributed by atoms with E-state index in [9.17, 15) is 9.90 Å². The lowest BCUT2D eigenvalue weighted by Gasteiger charge is -2.12. The molecule has 0 radical (unpaired) electrons. The Kier molecular flexibility index (Phi) is 4.24. The monoisotopic (exact) mass is 329 g/mol. The molecular weight excluding hydrogens is 314 g/mol. The van der Waals surface area contributed by atoms with Crippen molar-refractivity contribution in [3.05, 3.63) is 42.5 Å². The van der Waals surface area contributed by atoms with Gasteiger partial charge in [0.05, 0.1) is 7.11 Å². The SMILES string of the molecule is COC(=O)C(C)Oc1ccc(Oc2nc3ccc(O)cc3o2)cc1. The molecule has 0 fully saturated rings. The highest BCUT2D eigenvalue weighted by atomic mass is 16.6. The van der Waals surface area contributed by atoms with Crippen LogP contribution >= 0.6 is 0 Å². The van der Waals surface area contributed by atoms with Crippen molar-refractivity contribution in [3.63, 3.8) is 0 Å². The summed E-state index contributed by atoms with van der Waals surface area (Å²) in [6.45, 7) is 1.60. The number of rotatable bonds is 5. The summed E-state index contributed by atoms with van der Waals surface area (Å²) in [6.07, 6.45) is -0.640. The van der Waals surface area contributed by atoms with E-state index in [0.717, 1.165) is 0 Å². The van der Waals surface area contributed by atoms with Gasteiger partial charge < -0.3 is 23.7 Å². The van der Waals surface area contributed by atoms with Gasteiger partial charge in [-0.25, -0.2) is 4.79 Å². The fourth-order valence-corrected chi connectivity index (χ4v) is 2.04. The largest absolute Gasteiger partial charge is 0.508 e. The highest BCUT2D eigenvalue weighted by Crippen LogP contribution is 2.28. The van der Waals surface area contributed by atoms with E-state index >= 15 is 0 Å². The van der Waals surface area contributed by atoms with Gasteiger partial charge in [0.15, 0.2) is 11.7 Å². The van der Waals surface area contributed by atoms with E-state index in [1.165, 1.54) is 19.2 Å². The van der Waals surface area contributed by atoms with Crippen molar-refractivity contribution in [1.82, 2.24) is 4.98 Å². The molecule has 0 aliphatic carbocycles. The Morgan fingerprint density at radius 3 is 2.58 bits per heavy atom. The first-order valence-electron chi connectivity index (χ1n) is 7.17. The number of carbonyl (C=O) groups excluding carboxylic acids is 1. The van der Waals surface area contributed by atoms with Crippen molar-refractivity contribution in [1.29, 1.82) is 0 Å². The van der Waals surface area contributed by atoms with Crippen LogP contribution in [0.15, 0.2) is 46.9 Å². The van der Waals surface area contributed by atoms with Crippen LogP contribution in [0.25, 0.3) is 11.1 Å². The number of fused-ring (bicyclic) bond motifs is 1. The molecule has 3 aromatic rings. The fraction of sp³-hybridized carbons (Fsp3) is 0.176. The number of hydrogen-bond donors (Lipinski definition) is 1. The maximum absolute atomic E-state index is 11.3. The topological polar surface area (TPSA) is 91.0 Å². The third-order valence-electron chi connectivity index (χ3n) is 3.23. The minimum absolute atomic E-state index is 0.0622. The molecule has 7 heteroatoms. The summed E-state index contributed by atoms with van der Waals surface area (Å²) in [5.74, 6) is 0.628. The summed E-state index contributed by atoms with van der Waals surface area (Å²) < 4.78 is 21.0. The van der Waals surface area contributed by atoms with E-state index in [0.29, 0.717) is 22.6 Å². The van der Waals surface area contributed by atoms with Gasteiger partial charge in [-0.15, -0.1) is 0 Å². The zero-order valence-corrected chi connectivity index (χ0v) is 13.1. The lowest BCUT2D eigenvalue weighted by atomic mass is 10.3. The Labute approximate surface area is 137 Å². The number of aromatic hydroxyl groups is 1. The molecular formula is C17H15NO6. The highest BCUT2D eigenvalue weighted by Gasteiger charge is 2.15. The van der Waals surface area contributed by atoms with Gasteiger partial charge in [0.1, 0.15) is 22.8 Å². The van der Waals surface area contributed by atoms with E-state index in [1.807, 2.05) is 0 Å². The zero-order valence-electron chi connectivity index (χ0n) is 13.1. The smallest absolute Gasteiger partial charge is 0.400 e. The van der Waals surface area contributed by atoms with Gasteiger partial charge in [0.25, 0.3) is 0 Å². The van der Waals surface area contributed by atoms with Crippen LogP contribution < -0.4 is 9.47 Å². The number of oxazole rings is 1. The Morgan fingerprint density at radius 1 is 1.17 bits per heavy atom. The number of ether oxygens (including phenoxy) is 3. The van der Waals surface area contributed by atoms with Crippen LogP contribution in [0.5, 0.6) is 23.3 Å². The normalized spacial score (nSPS) is 11.9. The number of aromatic nitrogens is 1. The van der Waals surface area contributed by atoms with Crippen LogP contribution in [-0.2, 0) is 9.53 Å². The van der Waals surface area contributed by atoms with Gasteiger partial charge in [-0.2, -0.15) is 4.98 Å². The second-order valence-electron chi connectivity index (χ2n) is 4.99. The van der Waals surface area contributed by atoms with Crippen molar-refractivity contribution >= 4 is 17.1 Å². The molecule has 124 valence electrons. The average molecular weight is 329 g/mol. The molecule has 1 aromatic heterocycles. The van der Waals surface area contributed by atoms with Crippen molar-refractivity contribution in [2.75, 3.05) is 7.11 Å². The van der Waals surface area contributed by atoms with Crippen molar-refractivity contribution in [3.8, 4) is 23.3 Å². The molecule has 1 atom stereocenters. The number of carbonyl (C=O) groups is 1. The molecule has 0 aliphatic rings. The number of methoxy groups -OCH3 is 1. The Hall–Kier alpha value is -3.22. The quantitative estimate of drug-likeness (QED) is 0.718. The number of esters is 1. The van der Waals surface area contributed by atoms with Gasteiger partial charge in [-0.1, -0.05) is 0 Å². The number of hydrogen-bond acceptors (Lipinski definition) is 7. The van der Waals surface area contributed by atoms with Crippen molar-refractivity contribution in [2.45, 2.75) is 13.0 Å². The third kappa shape index (κ3) is 3.40. The average Bonchev–Trinajstić information content (AvgIpc) is 2.97. The van der Waals surface area contributed by atoms with Crippen LogP contribution in [0.3, 0.4) is 0 Å². The molecule has 0 aliphatic heterocycles. The standard InChI is InChI=1S/C17H15NO6/c1-10(16(20)21-2)22-12-4-6-13(7-5-12)23-17-18-14-8-3-11(19)9-15(14)24-17/h3-10,19H,1-2H3. The Morgan fingerprint density at radius 2 is 1.88 bits per heavy atom. The molecule has 2 aromatic carbocycles. The molecule has 0 amide bonds. The Bertz CT molecular complexity index is 855. The van der Waals surface area contributed by atoms with Crippen LogP contribution in [0.2, 0.25) is 0 Å². The summed E-state index contributed by atoms with van der Waals surface area (Å²) >= 11 is 0. The Balaban J connectivity index is 1.70. The van der Waals surface area contributed by atoms with Gasteiger partial charge in [-0.05, 0) is 43.3 Å². The van der Waals surface area contributed by atoms with E-state index in [-0.39, 0.29) is 11.8 Å². The number of benzene rings is 2. The van der Waals surface area contributed by atoms with Gasteiger partial charge in [0, 0.05) is 6.07 Å². The third-order valence-corrected chi connectivity index (χ3v) is 3.23. The number of nitrogens with zero attached hydrogens (tertiary/aromatic N) is 1. The molecule has 1 unspecified atom stereocenters. The summed E-state index contributed by atoms with van der Waals surface area (Å²) in [7, 11) is 1.30. The van der Waals surface area contributed by atoms with Crippen molar-refractivity contribution < 1.29 is 28.5 Å².